The van der Waals surface area contributed by atoms with Crippen molar-refractivity contribution in [3.63, 3.8) is 0 Å². The van der Waals surface area contributed by atoms with Gasteiger partial charge in [-0.3, -0.25) is 4.79 Å². The maximum Gasteiger partial charge on any atom is 0.161 e. The molecule has 3 rings (SSSR count). The van der Waals surface area contributed by atoms with Crippen LogP contribution in [0.3, 0.4) is 0 Å². The van der Waals surface area contributed by atoms with Crippen molar-refractivity contribution in [2.24, 2.45) is 11.8 Å². The van der Waals surface area contributed by atoms with Crippen LogP contribution in [0.25, 0.3) is 5.69 Å². The Kier molecular flexibility index (Phi) is 4.23. The van der Waals surface area contributed by atoms with Crippen LogP contribution in [-0.4, -0.2) is 10.4 Å². The van der Waals surface area contributed by atoms with E-state index in [4.69, 9.17) is 10.5 Å². The summed E-state index contributed by atoms with van der Waals surface area (Å²) in [5.74, 6) is 0.743. The summed E-state index contributed by atoms with van der Waals surface area (Å²) >= 11 is 0. The minimum atomic E-state index is 0.0599. The van der Waals surface area contributed by atoms with E-state index in [9.17, 15) is 4.79 Å². The lowest BCUT2D eigenvalue weighted by atomic mass is 9.73. The predicted molar refractivity (Wildman–Crippen MR) is 90.8 cm³/mol. The van der Waals surface area contributed by atoms with E-state index < -0.39 is 0 Å². The molecule has 0 atom stereocenters. The number of carbonyl (C=O) groups is 1. The molecule has 1 heterocycles. The molecule has 0 saturated heterocycles. The van der Waals surface area contributed by atoms with Crippen molar-refractivity contribution < 1.29 is 4.79 Å². The number of Topliss-reactive ketones (excluding diaryl/α,β-unsaturated/α-hetero) is 1. The fourth-order valence-corrected chi connectivity index (χ4v) is 3.53. The smallest absolute Gasteiger partial charge is 0.161 e. The van der Waals surface area contributed by atoms with Crippen LogP contribution >= 0.6 is 0 Å². The predicted octanol–water partition coefficient (Wildman–Crippen LogP) is 3.95. The van der Waals surface area contributed by atoms with Gasteiger partial charge in [-0.2, -0.15) is 10.5 Å². The van der Waals surface area contributed by atoms with Crippen molar-refractivity contribution in [2.75, 3.05) is 0 Å². The molecule has 0 amide bonds. The normalized spacial score (nSPS) is 19.2. The van der Waals surface area contributed by atoms with Gasteiger partial charge in [0.1, 0.15) is 0 Å². The second-order valence-electron chi connectivity index (χ2n) is 6.55. The number of hydrogen-bond acceptors (Lipinski definition) is 3. The lowest BCUT2D eigenvalue weighted by molar-refractivity contribution is 0.101. The number of benzene rings is 1. The molecule has 1 fully saturated rings. The van der Waals surface area contributed by atoms with Crippen molar-refractivity contribution in [2.45, 2.75) is 33.1 Å². The van der Waals surface area contributed by atoms with Crippen molar-refractivity contribution in [3.8, 4) is 17.8 Å². The summed E-state index contributed by atoms with van der Waals surface area (Å²) in [4.78, 5) is 11.9. The van der Waals surface area contributed by atoms with E-state index in [2.05, 4.69) is 16.7 Å². The molecular formula is C20H19N3O. The molecule has 4 nitrogen and oxygen atoms in total. The van der Waals surface area contributed by atoms with E-state index in [0.29, 0.717) is 11.5 Å². The highest BCUT2D eigenvalue weighted by atomic mass is 16.1. The average molecular weight is 317 g/mol. The van der Waals surface area contributed by atoms with Crippen LogP contribution < -0.4 is 0 Å². The van der Waals surface area contributed by atoms with Gasteiger partial charge in [-0.15, -0.1) is 0 Å². The van der Waals surface area contributed by atoms with Gasteiger partial charge in [0.15, 0.2) is 5.78 Å². The minimum Gasteiger partial charge on any atom is -0.317 e. The fraction of sp³-hybridized carbons (Fsp3) is 0.350. The molecule has 1 saturated carbocycles. The van der Waals surface area contributed by atoms with E-state index in [0.717, 1.165) is 41.9 Å². The van der Waals surface area contributed by atoms with Gasteiger partial charge in [0.05, 0.1) is 17.7 Å². The standard InChI is InChI=1S/C20H19N3O/c1-13-20(14(2)24)10-19(9-16-7-17(8-16)12-22)23(13)18-5-3-15(11-21)4-6-18/h3-6,10,16-17H,7-9H2,1-2H3/t16-,17-. The molecule has 1 aromatic heterocycles. The molecule has 1 aliphatic rings. The van der Waals surface area contributed by atoms with E-state index in [1.807, 2.05) is 25.1 Å². The Morgan fingerprint density at radius 3 is 2.46 bits per heavy atom. The van der Waals surface area contributed by atoms with Crippen LogP contribution in [0.15, 0.2) is 30.3 Å². The van der Waals surface area contributed by atoms with Gasteiger partial charge in [0, 0.05) is 28.6 Å². The molecule has 0 spiro atoms. The van der Waals surface area contributed by atoms with E-state index >= 15 is 0 Å². The number of carbonyl (C=O) groups excluding carboxylic acids is 1. The van der Waals surface area contributed by atoms with Gasteiger partial charge in [0.2, 0.25) is 0 Å². The van der Waals surface area contributed by atoms with Crippen molar-refractivity contribution in [1.82, 2.24) is 4.57 Å². The summed E-state index contributed by atoms with van der Waals surface area (Å²) in [6.07, 6.45) is 2.74. The molecule has 0 unspecified atom stereocenters. The molecule has 0 bridgehead atoms. The largest absolute Gasteiger partial charge is 0.317 e. The molecule has 1 aromatic carbocycles. The van der Waals surface area contributed by atoms with E-state index in [-0.39, 0.29) is 11.7 Å². The summed E-state index contributed by atoms with van der Waals surface area (Å²) in [5, 5.41) is 17.9. The Bertz CT molecular complexity index is 856. The second-order valence-corrected chi connectivity index (χ2v) is 6.55. The Hall–Kier alpha value is -2.85. The Morgan fingerprint density at radius 1 is 1.25 bits per heavy atom. The number of aromatic nitrogens is 1. The van der Waals surface area contributed by atoms with Gasteiger partial charge < -0.3 is 4.57 Å². The van der Waals surface area contributed by atoms with Crippen molar-refractivity contribution in [3.05, 3.63) is 52.8 Å². The van der Waals surface area contributed by atoms with E-state index in [1.165, 1.54) is 0 Å². The lowest BCUT2D eigenvalue weighted by Gasteiger charge is -2.31. The van der Waals surface area contributed by atoms with Crippen molar-refractivity contribution in [1.29, 1.82) is 10.5 Å². The van der Waals surface area contributed by atoms with Crippen LogP contribution in [0.5, 0.6) is 0 Å². The molecule has 1 aliphatic carbocycles. The second kappa shape index (κ2) is 6.34. The van der Waals surface area contributed by atoms with E-state index in [1.54, 1.807) is 19.1 Å². The molecular weight excluding hydrogens is 298 g/mol. The van der Waals surface area contributed by atoms with Gasteiger partial charge in [-0.05, 0) is 69.4 Å². The van der Waals surface area contributed by atoms with Crippen LogP contribution in [0, 0.1) is 41.4 Å². The monoisotopic (exact) mass is 317 g/mol. The Balaban J connectivity index is 1.98. The maximum atomic E-state index is 11.9. The summed E-state index contributed by atoms with van der Waals surface area (Å²) in [5.41, 5.74) is 4.35. The number of nitrogens with zero attached hydrogens (tertiary/aromatic N) is 3. The van der Waals surface area contributed by atoms with Crippen LogP contribution in [-0.2, 0) is 6.42 Å². The number of hydrogen-bond donors (Lipinski definition) is 0. The van der Waals surface area contributed by atoms with Gasteiger partial charge in [-0.25, -0.2) is 0 Å². The van der Waals surface area contributed by atoms with Gasteiger partial charge in [-0.1, -0.05) is 0 Å². The molecule has 24 heavy (non-hydrogen) atoms. The zero-order valence-electron chi connectivity index (χ0n) is 13.9. The topological polar surface area (TPSA) is 69.6 Å². The van der Waals surface area contributed by atoms with Crippen LogP contribution in [0.4, 0.5) is 0 Å². The minimum absolute atomic E-state index is 0.0599. The van der Waals surface area contributed by atoms with Gasteiger partial charge >= 0.3 is 0 Å². The van der Waals surface area contributed by atoms with Crippen LogP contribution in [0.2, 0.25) is 0 Å². The zero-order chi connectivity index (χ0) is 17.3. The lowest BCUT2D eigenvalue weighted by Crippen LogP contribution is -2.25. The quantitative estimate of drug-likeness (QED) is 0.802. The molecule has 0 N–H and O–H groups in total. The number of rotatable bonds is 4. The zero-order valence-corrected chi connectivity index (χ0v) is 13.9. The van der Waals surface area contributed by atoms with Crippen molar-refractivity contribution >= 4 is 5.78 Å². The first-order valence-electron chi connectivity index (χ1n) is 8.15. The van der Waals surface area contributed by atoms with Gasteiger partial charge in [0.25, 0.3) is 0 Å². The first-order chi connectivity index (χ1) is 11.5. The summed E-state index contributed by atoms with van der Waals surface area (Å²) < 4.78 is 2.11. The molecule has 4 heteroatoms. The first kappa shape index (κ1) is 16.0. The average Bonchev–Trinajstić information content (AvgIpc) is 2.87. The number of nitriles is 2. The Labute approximate surface area is 141 Å². The highest BCUT2D eigenvalue weighted by Gasteiger charge is 2.30. The highest BCUT2D eigenvalue weighted by molar-refractivity contribution is 5.95. The fourth-order valence-electron chi connectivity index (χ4n) is 3.53. The molecule has 2 aromatic rings. The molecule has 0 aliphatic heterocycles. The van der Waals surface area contributed by atoms with Crippen LogP contribution in [0.1, 0.15) is 47.1 Å². The third kappa shape index (κ3) is 2.84. The SMILES string of the molecule is CC(=O)c1cc(C[C@H]2C[C@H](C#N)C2)n(-c2ccc(C#N)cc2)c1C. The summed E-state index contributed by atoms with van der Waals surface area (Å²) in [6, 6.07) is 13.8. The third-order valence-electron chi connectivity index (χ3n) is 4.87. The highest BCUT2D eigenvalue weighted by Crippen LogP contribution is 2.36. The summed E-state index contributed by atoms with van der Waals surface area (Å²) in [7, 11) is 0. The molecule has 120 valence electrons. The molecule has 0 radical (unpaired) electrons. The number of ketones is 1. The Morgan fingerprint density at radius 2 is 1.92 bits per heavy atom. The summed E-state index contributed by atoms with van der Waals surface area (Å²) in [6.45, 7) is 3.54. The first-order valence-corrected chi connectivity index (χ1v) is 8.15. The third-order valence-corrected chi connectivity index (χ3v) is 4.87. The maximum absolute atomic E-state index is 11.9.